The summed E-state index contributed by atoms with van der Waals surface area (Å²) in [5.41, 5.74) is -0.598. The van der Waals surface area contributed by atoms with Crippen molar-refractivity contribution in [2.45, 2.75) is 140 Å². The smallest absolute Gasteiger partial charge is 0.326 e. The number of fused-ring (bicyclic) bond motifs is 1. The van der Waals surface area contributed by atoms with Crippen molar-refractivity contribution in [3.05, 3.63) is 48.6 Å². The summed E-state index contributed by atoms with van der Waals surface area (Å²) >= 11 is 0. The fourth-order valence-electron chi connectivity index (χ4n) is 11.9. The third-order valence-corrected chi connectivity index (χ3v) is 14.6. The Bertz CT molecular complexity index is 1700. The molecule has 7 fully saturated rings. The Morgan fingerprint density at radius 3 is 2.18 bits per heavy atom. The second-order valence-electron chi connectivity index (χ2n) is 19.4. The topological polar surface area (TPSA) is 163 Å². The molecule has 5 atom stereocenters. The molecular formula is C45H63N5O7. The molecule has 7 aliphatic rings. The molecule has 4 N–H and O–H groups in total. The Kier molecular flexibility index (Phi) is 11.6. The number of Topliss-reactive ketones (excluding diaryl/α,β-unsaturated/α-hetero) is 1. The van der Waals surface area contributed by atoms with Crippen molar-refractivity contribution in [1.29, 1.82) is 0 Å². The van der Waals surface area contributed by atoms with Crippen LogP contribution in [0.1, 0.15) is 117 Å². The second kappa shape index (κ2) is 16.2. The van der Waals surface area contributed by atoms with Crippen molar-refractivity contribution in [2.24, 2.45) is 40.9 Å². The number of carbonyl (C=O) groups excluding carboxylic acids is 6. The molecule has 1 heterocycles. The number of ketones is 1. The van der Waals surface area contributed by atoms with Crippen LogP contribution in [0, 0.1) is 40.9 Å². The molecule has 4 bridgehead atoms. The van der Waals surface area contributed by atoms with Gasteiger partial charge in [0.05, 0.1) is 6.04 Å². The Morgan fingerprint density at radius 1 is 0.930 bits per heavy atom. The largest absolute Gasteiger partial charge is 0.453 e. The van der Waals surface area contributed by atoms with Crippen LogP contribution in [-0.4, -0.2) is 77.2 Å². The van der Waals surface area contributed by atoms with Gasteiger partial charge in [0.2, 0.25) is 17.6 Å². The molecule has 1 aromatic carbocycles. The van der Waals surface area contributed by atoms with Gasteiger partial charge >= 0.3 is 12.0 Å². The number of hydrogen-bond donors (Lipinski definition) is 4. The molecule has 6 saturated carbocycles. The van der Waals surface area contributed by atoms with Gasteiger partial charge in [0.1, 0.15) is 24.2 Å². The van der Waals surface area contributed by atoms with E-state index >= 15 is 0 Å². The zero-order valence-corrected chi connectivity index (χ0v) is 34.3. The molecule has 310 valence electrons. The lowest BCUT2D eigenvalue weighted by atomic mass is 9.53. The van der Waals surface area contributed by atoms with E-state index < -0.39 is 53.8 Å². The number of piperidine rings is 1. The summed E-state index contributed by atoms with van der Waals surface area (Å²) in [6, 6.07) is 6.06. The molecule has 12 nitrogen and oxygen atoms in total. The van der Waals surface area contributed by atoms with Crippen molar-refractivity contribution in [1.82, 2.24) is 26.2 Å². The monoisotopic (exact) mass is 785 g/mol. The molecule has 6 aliphatic carbocycles. The average Bonchev–Trinajstić information content (AvgIpc) is 3.46. The first-order valence-electron chi connectivity index (χ1n) is 21.5. The summed E-state index contributed by atoms with van der Waals surface area (Å²) in [5.74, 6) is -1.50. The van der Waals surface area contributed by atoms with Crippen molar-refractivity contribution in [3.8, 4) is 0 Å². The van der Waals surface area contributed by atoms with Crippen molar-refractivity contribution in [2.75, 3.05) is 13.1 Å². The van der Waals surface area contributed by atoms with Crippen molar-refractivity contribution >= 4 is 35.5 Å². The lowest BCUT2D eigenvalue weighted by Gasteiger charge is -2.56. The normalized spacial score (nSPS) is 30.6. The maximum atomic E-state index is 14.8. The van der Waals surface area contributed by atoms with Gasteiger partial charge in [-0.15, -0.1) is 6.58 Å². The standard InChI is InChI=1S/C45H63N5O7/c1-6-7-18-33(38(52)40(54)46-25-34(51)57-44(4,5)31-16-12-9-13-17-31)47-39(53)37-35-32(43(35,2)3)26-50(37)41(55)36(30-14-10-8-11-15-30)48-42(56)49-45-22-27-19-28(23-45)21-29(20-27)24-45/h6,9,12-13,16-17,27-30,32-33,35-37H,1,7-8,10-11,14-15,18-26H2,2-5H3,(H,46,54)(H,47,53)(H2,48,49,56)/t27?,28?,29?,32?,33-,35?,36+,37+,45?/m1/s1. The molecule has 1 saturated heterocycles. The molecular weight excluding hydrogens is 723 g/mol. The fourth-order valence-corrected chi connectivity index (χ4v) is 11.9. The maximum Gasteiger partial charge on any atom is 0.326 e. The van der Waals surface area contributed by atoms with Gasteiger partial charge in [-0.1, -0.05) is 69.5 Å². The van der Waals surface area contributed by atoms with Gasteiger partial charge < -0.3 is 30.9 Å². The van der Waals surface area contributed by atoms with E-state index in [1.807, 2.05) is 30.3 Å². The summed E-state index contributed by atoms with van der Waals surface area (Å²) in [6.45, 7) is 11.3. The van der Waals surface area contributed by atoms with E-state index in [9.17, 15) is 28.8 Å². The second-order valence-corrected chi connectivity index (χ2v) is 19.4. The maximum absolute atomic E-state index is 14.8. The van der Waals surface area contributed by atoms with Gasteiger partial charge in [0.15, 0.2) is 0 Å². The molecule has 12 heteroatoms. The van der Waals surface area contributed by atoms with Crippen LogP contribution in [0.3, 0.4) is 0 Å². The minimum atomic E-state index is -1.21. The highest BCUT2D eigenvalue weighted by atomic mass is 16.6. The highest BCUT2D eigenvalue weighted by Gasteiger charge is 2.70. The molecule has 1 aliphatic heterocycles. The summed E-state index contributed by atoms with van der Waals surface area (Å²) in [4.78, 5) is 84.3. The lowest BCUT2D eigenvalue weighted by Crippen LogP contribution is -2.64. The van der Waals surface area contributed by atoms with Crippen LogP contribution in [-0.2, 0) is 34.3 Å². The number of nitrogens with one attached hydrogen (secondary N) is 4. The number of carbonyl (C=O) groups is 6. The Balaban J connectivity index is 1.02. The van der Waals surface area contributed by atoms with Crippen LogP contribution in [0.2, 0.25) is 0 Å². The molecule has 5 amide bonds. The number of esters is 1. The zero-order chi connectivity index (χ0) is 40.7. The van der Waals surface area contributed by atoms with Crippen molar-refractivity contribution < 1.29 is 33.5 Å². The van der Waals surface area contributed by atoms with Gasteiger partial charge in [-0.3, -0.25) is 24.0 Å². The van der Waals surface area contributed by atoms with Gasteiger partial charge in [0.25, 0.3) is 5.91 Å². The quantitative estimate of drug-likeness (QED) is 0.107. The number of likely N-dealkylation sites (tertiary alicyclic amines) is 1. The van der Waals surface area contributed by atoms with E-state index in [1.165, 1.54) is 19.3 Å². The highest BCUT2D eigenvalue weighted by molar-refractivity contribution is 6.38. The van der Waals surface area contributed by atoms with Crippen LogP contribution < -0.4 is 21.3 Å². The third-order valence-electron chi connectivity index (χ3n) is 14.6. The summed E-state index contributed by atoms with van der Waals surface area (Å²) in [7, 11) is 0. The highest BCUT2D eigenvalue weighted by Crippen LogP contribution is 2.65. The number of allylic oxidation sites excluding steroid dienone is 1. The summed E-state index contributed by atoms with van der Waals surface area (Å²) in [6.07, 6.45) is 13.5. The van der Waals surface area contributed by atoms with Crippen LogP contribution in [0.25, 0.3) is 0 Å². The molecule has 57 heavy (non-hydrogen) atoms. The number of rotatable bonds is 15. The third kappa shape index (κ3) is 8.65. The Hall–Kier alpha value is -4.22. The minimum absolute atomic E-state index is 0.0439. The predicted octanol–water partition coefficient (Wildman–Crippen LogP) is 5.30. The predicted molar refractivity (Wildman–Crippen MR) is 214 cm³/mol. The first-order valence-corrected chi connectivity index (χ1v) is 21.5. The Labute approximate surface area is 337 Å². The number of ether oxygens (including phenoxy) is 1. The number of hydrogen-bond acceptors (Lipinski definition) is 7. The molecule has 2 unspecified atom stereocenters. The number of urea groups is 1. The number of nitrogens with zero attached hydrogens (tertiary/aromatic N) is 1. The van der Waals surface area contributed by atoms with Crippen LogP contribution in [0.5, 0.6) is 0 Å². The summed E-state index contributed by atoms with van der Waals surface area (Å²) < 4.78 is 5.61. The van der Waals surface area contributed by atoms with Crippen LogP contribution in [0.4, 0.5) is 4.79 Å². The van der Waals surface area contributed by atoms with E-state index in [1.54, 1.807) is 24.8 Å². The van der Waals surface area contributed by atoms with Crippen molar-refractivity contribution in [3.63, 3.8) is 0 Å². The van der Waals surface area contributed by atoms with E-state index in [0.29, 0.717) is 30.7 Å². The molecule has 0 aromatic heterocycles. The molecule has 1 aromatic rings. The van der Waals surface area contributed by atoms with Gasteiger partial charge in [-0.05, 0) is 125 Å². The SMILES string of the molecule is C=CCC[C@@H](NC(=O)[C@@H]1C2C(CN1C(=O)[C@@H](NC(=O)NC13CC4CC(CC(C4)C1)C3)C1CCCCC1)C2(C)C)C(=O)C(=O)NCC(=O)OC(C)(C)c1ccccc1. The fraction of sp³-hybridized carbons (Fsp3) is 0.689. The first-order chi connectivity index (χ1) is 27.1. The first kappa shape index (κ1) is 41.0. The zero-order valence-electron chi connectivity index (χ0n) is 34.3. The lowest BCUT2D eigenvalue weighted by molar-refractivity contribution is -0.157. The average molecular weight is 786 g/mol. The van der Waals surface area contributed by atoms with E-state index in [4.69, 9.17) is 4.74 Å². The van der Waals surface area contributed by atoms with E-state index in [0.717, 1.165) is 56.9 Å². The van der Waals surface area contributed by atoms with Gasteiger partial charge in [0, 0.05) is 12.1 Å². The molecule has 8 rings (SSSR count). The minimum Gasteiger partial charge on any atom is -0.453 e. The number of amides is 5. The molecule has 0 radical (unpaired) electrons. The van der Waals surface area contributed by atoms with Crippen LogP contribution in [0.15, 0.2) is 43.0 Å². The summed E-state index contributed by atoms with van der Waals surface area (Å²) in [5, 5.41) is 11.8. The van der Waals surface area contributed by atoms with Gasteiger partial charge in [-0.25, -0.2) is 4.79 Å². The van der Waals surface area contributed by atoms with Gasteiger partial charge in [-0.2, -0.15) is 0 Å². The Morgan fingerprint density at radius 2 is 1.56 bits per heavy atom. The van der Waals surface area contributed by atoms with E-state index in [-0.39, 0.29) is 47.1 Å². The van der Waals surface area contributed by atoms with E-state index in [2.05, 4.69) is 41.7 Å². The molecule has 0 spiro atoms. The van der Waals surface area contributed by atoms with Crippen LogP contribution >= 0.6 is 0 Å². The number of benzene rings is 1.